The number of hydrogen-bond donors (Lipinski definition) is 1. The van der Waals surface area contributed by atoms with Gasteiger partial charge in [-0.2, -0.15) is 13.2 Å². The van der Waals surface area contributed by atoms with Crippen LogP contribution in [0.4, 0.5) is 17.6 Å². The Bertz CT molecular complexity index is 407. The lowest BCUT2D eigenvalue weighted by Gasteiger charge is -2.40. The molecule has 1 nitrogen and oxygen atoms in total. The Labute approximate surface area is 90.3 Å². The van der Waals surface area contributed by atoms with E-state index >= 15 is 0 Å². The highest BCUT2D eigenvalue weighted by Gasteiger charge is 2.44. The van der Waals surface area contributed by atoms with Crippen molar-refractivity contribution in [3.63, 3.8) is 0 Å². The fourth-order valence-electron chi connectivity index (χ4n) is 2.07. The number of alkyl halides is 3. The van der Waals surface area contributed by atoms with E-state index in [9.17, 15) is 17.6 Å². The second-order valence-corrected chi connectivity index (χ2v) is 4.17. The zero-order valence-corrected chi connectivity index (χ0v) is 8.44. The lowest BCUT2D eigenvalue weighted by molar-refractivity contribution is -0.139. The van der Waals surface area contributed by atoms with Gasteiger partial charge in [-0.25, -0.2) is 4.39 Å². The predicted molar refractivity (Wildman–Crippen MR) is 51.1 cm³/mol. The van der Waals surface area contributed by atoms with Gasteiger partial charge in [0, 0.05) is 11.1 Å². The smallest absolute Gasteiger partial charge is 0.321 e. The topological polar surface area (TPSA) is 26.0 Å². The number of rotatable bonds is 1. The first-order valence-corrected chi connectivity index (χ1v) is 5.00. The Morgan fingerprint density at radius 3 is 2.25 bits per heavy atom. The molecule has 88 valence electrons. The van der Waals surface area contributed by atoms with Gasteiger partial charge in [-0.05, 0) is 31.4 Å². The van der Waals surface area contributed by atoms with Crippen molar-refractivity contribution in [2.75, 3.05) is 0 Å². The van der Waals surface area contributed by atoms with E-state index in [4.69, 9.17) is 5.73 Å². The van der Waals surface area contributed by atoms with Gasteiger partial charge in [0.15, 0.2) is 0 Å². The molecule has 0 bridgehead atoms. The largest absolute Gasteiger partial charge is 0.416 e. The molecule has 0 spiro atoms. The van der Waals surface area contributed by atoms with Crippen LogP contribution in [0.2, 0.25) is 0 Å². The monoisotopic (exact) mass is 233 g/mol. The van der Waals surface area contributed by atoms with Crippen LogP contribution in [0.25, 0.3) is 0 Å². The zero-order chi connectivity index (χ0) is 12.0. The van der Waals surface area contributed by atoms with Crippen LogP contribution in [0.15, 0.2) is 18.2 Å². The summed E-state index contributed by atoms with van der Waals surface area (Å²) in [5, 5.41) is 0. The van der Waals surface area contributed by atoms with E-state index in [1.54, 1.807) is 0 Å². The molecular formula is C11H11F4N. The molecule has 1 aliphatic carbocycles. The summed E-state index contributed by atoms with van der Waals surface area (Å²) in [4.78, 5) is 0. The summed E-state index contributed by atoms with van der Waals surface area (Å²) in [6.45, 7) is 0. The molecule has 1 saturated carbocycles. The molecular weight excluding hydrogens is 222 g/mol. The van der Waals surface area contributed by atoms with Crippen molar-refractivity contribution >= 4 is 0 Å². The summed E-state index contributed by atoms with van der Waals surface area (Å²) in [6.07, 6.45) is -3.02. The number of benzene rings is 1. The van der Waals surface area contributed by atoms with Crippen molar-refractivity contribution in [3.05, 3.63) is 35.1 Å². The predicted octanol–water partition coefficient (Wildman–Crippen LogP) is 3.18. The van der Waals surface area contributed by atoms with E-state index in [2.05, 4.69) is 0 Å². The summed E-state index contributed by atoms with van der Waals surface area (Å²) in [5.74, 6) is -0.864. The van der Waals surface area contributed by atoms with E-state index in [0.29, 0.717) is 12.8 Å². The van der Waals surface area contributed by atoms with Gasteiger partial charge in [-0.3, -0.25) is 0 Å². The molecule has 0 aromatic heterocycles. The molecule has 0 aliphatic heterocycles. The molecule has 5 heteroatoms. The lowest BCUT2D eigenvalue weighted by atomic mass is 9.71. The van der Waals surface area contributed by atoms with E-state index in [-0.39, 0.29) is 5.56 Å². The van der Waals surface area contributed by atoms with Crippen molar-refractivity contribution in [1.29, 1.82) is 0 Å². The Morgan fingerprint density at radius 2 is 1.81 bits per heavy atom. The van der Waals surface area contributed by atoms with Crippen LogP contribution in [-0.4, -0.2) is 0 Å². The van der Waals surface area contributed by atoms with Crippen LogP contribution in [-0.2, 0) is 11.7 Å². The zero-order valence-electron chi connectivity index (χ0n) is 8.44. The van der Waals surface area contributed by atoms with Gasteiger partial charge in [0.1, 0.15) is 5.82 Å². The highest BCUT2D eigenvalue weighted by atomic mass is 19.4. The lowest BCUT2D eigenvalue weighted by Crippen LogP contribution is -2.45. The fraction of sp³-hybridized carbons (Fsp3) is 0.455. The molecule has 1 fully saturated rings. The van der Waals surface area contributed by atoms with Crippen LogP contribution >= 0.6 is 0 Å². The molecule has 0 heterocycles. The van der Waals surface area contributed by atoms with Gasteiger partial charge in [0.2, 0.25) is 0 Å². The van der Waals surface area contributed by atoms with Gasteiger partial charge >= 0.3 is 6.18 Å². The third kappa shape index (κ3) is 1.69. The molecule has 0 unspecified atom stereocenters. The van der Waals surface area contributed by atoms with E-state index in [1.165, 1.54) is 0 Å². The molecule has 0 atom stereocenters. The minimum absolute atomic E-state index is 0.381. The van der Waals surface area contributed by atoms with Gasteiger partial charge in [0.25, 0.3) is 0 Å². The summed E-state index contributed by atoms with van der Waals surface area (Å²) in [5.41, 5.74) is 3.31. The number of nitrogens with two attached hydrogens (primary N) is 1. The summed E-state index contributed by atoms with van der Waals surface area (Å²) in [7, 11) is 0. The van der Waals surface area contributed by atoms with Gasteiger partial charge < -0.3 is 5.73 Å². The first-order valence-electron chi connectivity index (χ1n) is 5.00. The van der Waals surface area contributed by atoms with Crippen molar-refractivity contribution in [1.82, 2.24) is 0 Å². The van der Waals surface area contributed by atoms with E-state index in [0.717, 1.165) is 24.6 Å². The van der Waals surface area contributed by atoms with Crippen molar-refractivity contribution < 1.29 is 17.6 Å². The molecule has 0 radical (unpaired) electrons. The van der Waals surface area contributed by atoms with E-state index in [1.807, 2.05) is 0 Å². The Morgan fingerprint density at radius 1 is 1.19 bits per heavy atom. The van der Waals surface area contributed by atoms with Gasteiger partial charge in [-0.1, -0.05) is 6.07 Å². The number of halogens is 4. The molecule has 1 aromatic carbocycles. The average Bonchev–Trinajstić information content (AvgIpc) is 2.12. The molecule has 1 aliphatic rings. The quantitative estimate of drug-likeness (QED) is 0.741. The molecule has 16 heavy (non-hydrogen) atoms. The fourth-order valence-corrected chi connectivity index (χ4v) is 2.07. The summed E-state index contributed by atoms with van der Waals surface area (Å²) < 4.78 is 51.6. The maximum Gasteiger partial charge on any atom is 0.416 e. The summed E-state index contributed by atoms with van der Waals surface area (Å²) >= 11 is 0. The highest BCUT2D eigenvalue weighted by Crippen LogP contribution is 2.45. The highest BCUT2D eigenvalue weighted by molar-refractivity contribution is 5.38. The minimum atomic E-state index is -4.56. The second-order valence-electron chi connectivity index (χ2n) is 4.17. The SMILES string of the molecule is NC1(c2c(F)cccc2C(F)(F)F)CCC1. The van der Waals surface area contributed by atoms with Crippen molar-refractivity contribution in [3.8, 4) is 0 Å². The Hall–Kier alpha value is -1.10. The van der Waals surface area contributed by atoms with Crippen molar-refractivity contribution in [2.24, 2.45) is 5.73 Å². The third-order valence-electron chi connectivity index (χ3n) is 3.06. The molecule has 0 amide bonds. The maximum atomic E-state index is 13.5. The molecule has 0 saturated heterocycles. The molecule has 2 N–H and O–H groups in total. The Kier molecular flexibility index (Phi) is 2.45. The van der Waals surface area contributed by atoms with Crippen LogP contribution in [0, 0.1) is 5.82 Å². The van der Waals surface area contributed by atoms with Crippen LogP contribution in [0.5, 0.6) is 0 Å². The second kappa shape index (κ2) is 3.45. The van der Waals surface area contributed by atoms with E-state index < -0.39 is 23.1 Å². The minimum Gasteiger partial charge on any atom is -0.321 e. The first-order chi connectivity index (χ1) is 7.34. The molecule has 1 aromatic rings. The van der Waals surface area contributed by atoms with Crippen LogP contribution in [0.3, 0.4) is 0 Å². The normalized spacial score (nSPS) is 19.3. The number of hydrogen-bond acceptors (Lipinski definition) is 1. The van der Waals surface area contributed by atoms with Crippen LogP contribution < -0.4 is 5.73 Å². The average molecular weight is 233 g/mol. The first kappa shape index (κ1) is 11.4. The third-order valence-corrected chi connectivity index (χ3v) is 3.06. The Balaban J connectivity index is 2.58. The van der Waals surface area contributed by atoms with Gasteiger partial charge in [-0.15, -0.1) is 0 Å². The summed E-state index contributed by atoms with van der Waals surface area (Å²) in [6, 6.07) is 2.96. The molecule has 2 rings (SSSR count). The van der Waals surface area contributed by atoms with Crippen molar-refractivity contribution in [2.45, 2.75) is 31.0 Å². The maximum absolute atomic E-state index is 13.5. The van der Waals surface area contributed by atoms with Gasteiger partial charge in [0.05, 0.1) is 5.56 Å². The van der Waals surface area contributed by atoms with Crippen LogP contribution in [0.1, 0.15) is 30.4 Å². The standard InChI is InChI=1S/C11H11F4N/c12-8-4-1-3-7(11(13,14)15)9(8)10(16)5-2-6-10/h1,3-4H,2,5-6,16H2.